The van der Waals surface area contributed by atoms with Crippen molar-refractivity contribution in [2.24, 2.45) is 0 Å². The maximum absolute atomic E-state index is 12.7. The number of benzene rings is 2. The first kappa shape index (κ1) is 15.7. The van der Waals surface area contributed by atoms with Gasteiger partial charge in [-0.05, 0) is 71.1 Å². The van der Waals surface area contributed by atoms with Crippen LogP contribution in [0.15, 0.2) is 53.4 Å². The fraction of sp³-hybridized carbons (Fsp3) is 0. The lowest BCUT2D eigenvalue weighted by Gasteiger charge is -2.07. The van der Waals surface area contributed by atoms with Crippen molar-refractivity contribution in [3.05, 3.63) is 57.9 Å². The quantitative estimate of drug-likeness (QED) is 0.774. The summed E-state index contributed by atoms with van der Waals surface area (Å²) < 4.78 is 44.0. The average Bonchev–Trinajstić information content (AvgIpc) is 2.41. The summed E-state index contributed by atoms with van der Waals surface area (Å²) in [5.41, 5.74) is 0. The van der Waals surface area contributed by atoms with Crippen molar-refractivity contribution in [1.82, 2.24) is 4.72 Å². The summed E-state index contributed by atoms with van der Waals surface area (Å²) in [4.78, 5) is 11.3. The average molecular weight is 421 g/mol. The molecule has 110 valence electrons. The first-order valence-corrected chi connectivity index (χ1v) is 8.19. The molecule has 0 saturated carbocycles. The minimum atomic E-state index is -4.10. The number of sulfonamides is 1. The summed E-state index contributed by atoms with van der Waals surface area (Å²) in [5, 5.41) is 0. The summed E-state index contributed by atoms with van der Waals surface area (Å²) in [5.74, 6) is -0.363. The molecule has 0 saturated heterocycles. The Kier molecular flexibility index (Phi) is 4.78. The van der Waals surface area contributed by atoms with Gasteiger partial charge in [0.1, 0.15) is 11.6 Å². The Bertz CT molecular complexity index is 745. The van der Waals surface area contributed by atoms with E-state index in [0.717, 1.165) is 27.8 Å². The zero-order chi connectivity index (χ0) is 15.5. The lowest BCUT2D eigenvalue weighted by molar-refractivity contribution is 0.207. The molecule has 0 spiro atoms. The lowest BCUT2D eigenvalue weighted by atomic mass is 10.3. The van der Waals surface area contributed by atoms with Crippen LogP contribution in [0.4, 0.5) is 9.18 Å². The van der Waals surface area contributed by atoms with Crippen LogP contribution in [0.2, 0.25) is 0 Å². The Morgan fingerprint density at radius 1 is 1.05 bits per heavy atom. The van der Waals surface area contributed by atoms with E-state index >= 15 is 0 Å². The van der Waals surface area contributed by atoms with Gasteiger partial charge in [0, 0.05) is 3.57 Å². The molecule has 0 heterocycles. The molecule has 0 aliphatic heterocycles. The van der Waals surface area contributed by atoms with Gasteiger partial charge in [-0.15, -0.1) is 0 Å². The van der Waals surface area contributed by atoms with Gasteiger partial charge in [-0.25, -0.2) is 22.3 Å². The van der Waals surface area contributed by atoms with Gasteiger partial charge in [-0.3, -0.25) is 0 Å². The van der Waals surface area contributed by atoms with E-state index in [1.807, 2.05) is 0 Å². The Labute approximate surface area is 134 Å². The highest BCUT2D eigenvalue weighted by molar-refractivity contribution is 14.1. The summed E-state index contributed by atoms with van der Waals surface area (Å²) in [6.45, 7) is 0. The number of rotatable bonds is 3. The highest BCUT2D eigenvalue weighted by Crippen LogP contribution is 2.14. The third kappa shape index (κ3) is 4.39. The van der Waals surface area contributed by atoms with Gasteiger partial charge in [-0.1, -0.05) is 0 Å². The van der Waals surface area contributed by atoms with Gasteiger partial charge >= 0.3 is 6.09 Å². The Morgan fingerprint density at radius 3 is 2.19 bits per heavy atom. The second-order valence-electron chi connectivity index (χ2n) is 3.90. The monoisotopic (exact) mass is 421 g/mol. The number of amides is 1. The van der Waals surface area contributed by atoms with Gasteiger partial charge in [0.2, 0.25) is 0 Å². The Morgan fingerprint density at radius 2 is 1.62 bits per heavy atom. The topological polar surface area (TPSA) is 72.5 Å². The molecule has 0 fully saturated rings. The Balaban J connectivity index is 2.07. The SMILES string of the molecule is O=C(NS(=O)(=O)c1ccc(F)cc1)Oc1ccc(I)cc1. The van der Waals surface area contributed by atoms with Crippen molar-refractivity contribution in [3.63, 3.8) is 0 Å². The number of carbonyl (C=O) groups is 1. The van der Waals surface area contributed by atoms with E-state index in [-0.39, 0.29) is 10.6 Å². The van der Waals surface area contributed by atoms with Crippen LogP contribution in [-0.2, 0) is 10.0 Å². The van der Waals surface area contributed by atoms with Crippen molar-refractivity contribution in [1.29, 1.82) is 0 Å². The molecule has 0 atom stereocenters. The molecule has 2 rings (SSSR count). The van der Waals surface area contributed by atoms with Gasteiger partial charge in [0.05, 0.1) is 4.90 Å². The van der Waals surface area contributed by atoms with Crippen molar-refractivity contribution >= 4 is 38.7 Å². The third-order valence-corrected chi connectivity index (χ3v) is 4.41. The van der Waals surface area contributed by atoms with Gasteiger partial charge < -0.3 is 4.74 Å². The molecule has 2 aromatic rings. The number of nitrogens with one attached hydrogen (secondary N) is 1. The largest absolute Gasteiger partial charge is 0.426 e. The summed E-state index contributed by atoms with van der Waals surface area (Å²) >= 11 is 2.08. The highest BCUT2D eigenvalue weighted by atomic mass is 127. The standard InChI is InChI=1S/C13H9FINO4S/c14-9-1-7-12(8-2-9)21(18,19)16-13(17)20-11-5-3-10(15)4-6-11/h1-8H,(H,16,17). The van der Waals surface area contributed by atoms with Crippen LogP contribution in [0.1, 0.15) is 0 Å². The second-order valence-corrected chi connectivity index (χ2v) is 6.83. The van der Waals surface area contributed by atoms with E-state index in [0.29, 0.717) is 0 Å². The highest BCUT2D eigenvalue weighted by Gasteiger charge is 2.18. The molecule has 0 unspecified atom stereocenters. The van der Waals surface area contributed by atoms with E-state index in [9.17, 15) is 17.6 Å². The lowest BCUT2D eigenvalue weighted by Crippen LogP contribution is -2.33. The van der Waals surface area contributed by atoms with Crippen LogP contribution in [0.3, 0.4) is 0 Å². The number of halogens is 2. The van der Waals surface area contributed by atoms with Crippen LogP contribution >= 0.6 is 22.6 Å². The summed E-state index contributed by atoms with van der Waals surface area (Å²) in [6.07, 6.45) is -1.14. The van der Waals surface area contributed by atoms with Crippen LogP contribution in [0.5, 0.6) is 5.75 Å². The van der Waals surface area contributed by atoms with Crippen LogP contribution in [0.25, 0.3) is 0 Å². The second kappa shape index (κ2) is 6.39. The molecule has 0 aliphatic rings. The number of hydrogen-bond acceptors (Lipinski definition) is 4. The predicted molar refractivity (Wildman–Crippen MR) is 81.9 cm³/mol. The molecule has 0 bridgehead atoms. The third-order valence-electron chi connectivity index (χ3n) is 2.37. The molecule has 8 heteroatoms. The van der Waals surface area contributed by atoms with E-state index in [2.05, 4.69) is 22.6 Å². The van der Waals surface area contributed by atoms with Crippen molar-refractivity contribution in [2.75, 3.05) is 0 Å². The van der Waals surface area contributed by atoms with Crippen molar-refractivity contribution in [2.45, 2.75) is 4.90 Å². The molecule has 0 aliphatic carbocycles. The van der Waals surface area contributed by atoms with Gasteiger partial charge in [0.25, 0.3) is 10.0 Å². The van der Waals surface area contributed by atoms with E-state index in [4.69, 9.17) is 4.74 Å². The summed E-state index contributed by atoms with van der Waals surface area (Å²) in [7, 11) is -4.10. The molecule has 1 amide bonds. The molecule has 1 N–H and O–H groups in total. The fourth-order valence-corrected chi connectivity index (χ4v) is 2.65. The minimum Gasteiger partial charge on any atom is -0.410 e. The first-order chi connectivity index (χ1) is 9.87. The predicted octanol–water partition coefficient (Wildman–Crippen LogP) is 2.91. The molecular formula is C13H9FINO4S. The molecule has 0 radical (unpaired) electrons. The van der Waals surface area contributed by atoms with Crippen LogP contribution in [0, 0.1) is 9.39 Å². The Hall–Kier alpha value is -1.68. The number of carbonyl (C=O) groups excluding carboxylic acids is 1. The molecule has 2 aromatic carbocycles. The normalized spacial score (nSPS) is 11.0. The molecule has 5 nitrogen and oxygen atoms in total. The molecule has 21 heavy (non-hydrogen) atoms. The zero-order valence-electron chi connectivity index (χ0n) is 10.4. The van der Waals surface area contributed by atoms with Gasteiger partial charge in [-0.2, -0.15) is 0 Å². The molecular weight excluding hydrogens is 412 g/mol. The zero-order valence-corrected chi connectivity index (χ0v) is 13.4. The number of hydrogen-bond donors (Lipinski definition) is 1. The van der Waals surface area contributed by atoms with Crippen LogP contribution in [-0.4, -0.2) is 14.5 Å². The van der Waals surface area contributed by atoms with E-state index < -0.39 is 21.9 Å². The van der Waals surface area contributed by atoms with Crippen molar-refractivity contribution < 1.29 is 22.3 Å². The maximum Gasteiger partial charge on any atom is 0.426 e. The summed E-state index contributed by atoms with van der Waals surface area (Å²) in [6, 6.07) is 10.6. The van der Waals surface area contributed by atoms with Crippen molar-refractivity contribution in [3.8, 4) is 5.75 Å². The number of ether oxygens (including phenoxy) is 1. The first-order valence-electron chi connectivity index (χ1n) is 5.62. The smallest absolute Gasteiger partial charge is 0.410 e. The van der Waals surface area contributed by atoms with E-state index in [1.165, 1.54) is 12.1 Å². The van der Waals surface area contributed by atoms with Gasteiger partial charge in [0.15, 0.2) is 0 Å². The molecule has 0 aromatic heterocycles. The maximum atomic E-state index is 12.7. The van der Waals surface area contributed by atoms with Crippen LogP contribution < -0.4 is 9.46 Å². The minimum absolute atomic E-state index is 0.210. The van der Waals surface area contributed by atoms with E-state index in [1.54, 1.807) is 16.9 Å². The fourth-order valence-electron chi connectivity index (χ4n) is 1.41.